The SMILES string of the molecule is CCOP(=S)(OCC)Oc1nc(Cl)n(C(C)C)n1.ClC1=C(Cl)C2(Cl)C3C(Cl)OC(Cl)C3C1(Cl)C2(Cl)Cl. The van der Waals surface area contributed by atoms with Crippen LogP contribution < -0.4 is 4.52 Å². The van der Waals surface area contributed by atoms with Gasteiger partial charge < -0.3 is 9.26 Å². The maximum absolute atomic E-state index is 6.54. The topological polar surface area (TPSA) is 67.6 Å². The second-order valence-electron chi connectivity index (χ2n) is 8.09. The van der Waals surface area contributed by atoms with Crippen LogP contribution in [0.3, 0.4) is 0 Å². The Hall–Kier alpha value is 1.82. The first-order valence-electron chi connectivity index (χ1n) is 10.5. The van der Waals surface area contributed by atoms with Crippen molar-refractivity contribution in [3.05, 3.63) is 15.3 Å². The van der Waals surface area contributed by atoms with Crippen LogP contribution >= 0.6 is 111 Å². The fourth-order valence-corrected chi connectivity index (χ4v) is 10.6. The van der Waals surface area contributed by atoms with E-state index in [0.717, 1.165) is 0 Å². The maximum Gasteiger partial charge on any atom is 0.382 e. The van der Waals surface area contributed by atoms with Crippen LogP contribution in [0.15, 0.2) is 10.1 Å². The summed E-state index contributed by atoms with van der Waals surface area (Å²) in [5.41, 5.74) is -1.57. The Morgan fingerprint density at radius 3 is 1.78 bits per heavy atom. The monoisotopic (exact) mass is 721 g/mol. The number of nitrogens with zero attached hydrogens (tertiary/aromatic N) is 3. The minimum atomic E-state index is -2.84. The molecule has 0 N–H and O–H groups in total. The summed E-state index contributed by atoms with van der Waals surface area (Å²) in [5, 5.41) is 4.56. The Kier molecular flexibility index (Phi) is 10.4. The molecule has 2 aliphatic carbocycles. The van der Waals surface area contributed by atoms with Crippen LogP contribution in [-0.2, 0) is 25.6 Å². The van der Waals surface area contributed by atoms with E-state index >= 15 is 0 Å². The molecule has 3 aliphatic rings. The molecule has 0 spiro atoms. The summed E-state index contributed by atoms with van der Waals surface area (Å²) in [7, 11) is 0. The third kappa shape index (κ3) is 5.04. The number of rotatable bonds is 7. The zero-order chi connectivity index (χ0) is 27.4. The van der Waals surface area contributed by atoms with Gasteiger partial charge in [0.15, 0.2) is 4.33 Å². The number of hydrogen-bond acceptors (Lipinski definition) is 7. The summed E-state index contributed by atoms with van der Waals surface area (Å²) < 4.78 is 21.4. The smallest absolute Gasteiger partial charge is 0.382 e. The van der Waals surface area contributed by atoms with Gasteiger partial charge in [0.2, 0.25) is 5.28 Å². The van der Waals surface area contributed by atoms with Crippen LogP contribution in [-0.4, -0.2) is 53.2 Å². The van der Waals surface area contributed by atoms with Crippen LogP contribution in [0.4, 0.5) is 0 Å². The second kappa shape index (κ2) is 11.6. The van der Waals surface area contributed by atoms with Crippen molar-refractivity contribution in [2.45, 2.75) is 58.9 Å². The van der Waals surface area contributed by atoms with Crippen molar-refractivity contribution in [1.82, 2.24) is 14.8 Å². The van der Waals surface area contributed by atoms with Crippen LogP contribution in [0, 0.1) is 11.8 Å². The van der Waals surface area contributed by atoms with Gasteiger partial charge in [-0.15, -0.1) is 28.3 Å². The highest BCUT2D eigenvalue weighted by molar-refractivity contribution is 8.07. The molecule has 0 amide bonds. The number of fused-ring (bicyclic) bond motifs is 5. The summed E-state index contributed by atoms with van der Waals surface area (Å²) in [5.74, 6) is -1.04. The molecule has 2 bridgehead atoms. The standard InChI is InChI=1S/C9H4Cl8O.C9H17ClN3O3PS/c10-3-4(11)8(15)2-1(5(12)18-6(2)13)7(3,14)9(8,16)17;1-5-14-17(18,15-6-2)16-9-11-8(10)13(12-9)7(3)4/h1-2,5-6H;7H,5-6H2,1-4H3. The molecule has 36 heavy (non-hydrogen) atoms. The highest BCUT2D eigenvalue weighted by Crippen LogP contribution is 2.79. The van der Waals surface area contributed by atoms with Gasteiger partial charge in [-0.05, 0) is 39.3 Å². The predicted octanol–water partition coefficient (Wildman–Crippen LogP) is 8.41. The summed E-state index contributed by atoms with van der Waals surface area (Å²) in [6.07, 6.45) is 0. The van der Waals surface area contributed by atoms with Crippen molar-refractivity contribution in [2.24, 2.45) is 11.8 Å². The average molecular weight is 726 g/mol. The molecule has 2 fully saturated rings. The fourth-order valence-electron chi connectivity index (χ4n) is 4.21. The Morgan fingerprint density at radius 2 is 1.42 bits per heavy atom. The van der Waals surface area contributed by atoms with Gasteiger partial charge in [-0.2, -0.15) is 4.98 Å². The van der Waals surface area contributed by atoms with Gasteiger partial charge in [-0.1, -0.05) is 69.6 Å². The van der Waals surface area contributed by atoms with E-state index in [4.69, 9.17) is 135 Å². The summed E-state index contributed by atoms with van der Waals surface area (Å²) >= 11 is 61.5. The summed E-state index contributed by atoms with van der Waals surface area (Å²) in [4.78, 5) is 1.17. The number of ether oxygens (including phenoxy) is 1. The zero-order valence-corrected chi connectivity index (χ0v) is 27.5. The Bertz CT molecular complexity index is 1030. The molecule has 7 nitrogen and oxygen atoms in total. The molecule has 2 heterocycles. The largest absolute Gasteiger partial charge is 0.388 e. The molecule has 4 rings (SSSR count). The van der Waals surface area contributed by atoms with Gasteiger partial charge in [0.05, 0.1) is 23.3 Å². The molecule has 1 aliphatic heterocycles. The van der Waals surface area contributed by atoms with E-state index in [1.54, 1.807) is 0 Å². The second-order valence-corrected chi connectivity index (χ2v) is 15.5. The highest BCUT2D eigenvalue weighted by atomic mass is 35.5. The number of hydrogen-bond donors (Lipinski definition) is 0. The van der Waals surface area contributed by atoms with Crippen LogP contribution in [0.1, 0.15) is 33.7 Å². The first kappa shape index (κ1) is 32.3. The fraction of sp³-hybridized carbons (Fsp3) is 0.778. The lowest BCUT2D eigenvalue weighted by Gasteiger charge is -2.34. The molecule has 1 saturated carbocycles. The third-order valence-corrected chi connectivity index (χ3v) is 13.4. The minimum absolute atomic E-state index is 0.0823. The molecular formula is C18H21Cl9N3O4PS. The molecule has 1 aromatic heterocycles. The Balaban J connectivity index is 0.000000201. The lowest BCUT2D eigenvalue weighted by atomic mass is 9.84. The first-order chi connectivity index (χ1) is 16.5. The molecule has 6 unspecified atom stereocenters. The van der Waals surface area contributed by atoms with Crippen molar-refractivity contribution in [3.8, 4) is 6.01 Å². The Labute approximate surface area is 259 Å². The van der Waals surface area contributed by atoms with Gasteiger partial charge in [0, 0.05) is 29.7 Å². The Morgan fingerprint density at radius 1 is 0.972 bits per heavy atom. The van der Waals surface area contributed by atoms with E-state index in [2.05, 4.69) is 10.1 Å². The van der Waals surface area contributed by atoms with E-state index in [-0.39, 0.29) is 27.4 Å². The van der Waals surface area contributed by atoms with Gasteiger partial charge in [0.1, 0.15) is 20.9 Å². The molecule has 1 saturated heterocycles. The van der Waals surface area contributed by atoms with E-state index in [1.165, 1.54) is 4.68 Å². The normalized spacial score (nSPS) is 34.7. The number of alkyl halides is 6. The van der Waals surface area contributed by atoms with Crippen LogP contribution in [0.5, 0.6) is 6.01 Å². The number of halogens is 9. The number of aromatic nitrogens is 3. The van der Waals surface area contributed by atoms with Crippen molar-refractivity contribution in [2.75, 3.05) is 13.2 Å². The quantitative estimate of drug-likeness (QED) is 0.207. The lowest BCUT2D eigenvalue weighted by Crippen LogP contribution is -2.47. The predicted molar refractivity (Wildman–Crippen MR) is 151 cm³/mol. The van der Waals surface area contributed by atoms with Crippen molar-refractivity contribution < 1.29 is 18.3 Å². The maximum atomic E-state index is 6.54. The summed E-state index contributed by atoms with van der Waals surface area (Å²) in [6, 6.07) is 0.165. The van der Waals surface area contributed by atoms with Crippen molar-refractivity contribution in [1.29, 1.82) is 0 Å². The third-order valence-electron chi connectivity index (χ3n) is 5.70. The van der Waals surface area contributed by atoms with E-state index in [0.29, 0.717) is 13.2 Å². The molecule has 18 heteroatoms. The molecule has 1 aromatic rings. The van der Waals surface area contributed by atoms with Gasteiger partial charge in [-0.3, -0.25) is 9.05 Å². The minimum Gasteiger partial charge on any atom is -0.388 e. The van der Waals surface area contributed by atoms with E-state index in [1.807, 2.05) is 27.7 Å². The van der Waals surface area contributed by atoms with Gasteiger partial charge >= 0.3 is 12.7 Å². The molecule has 6 atom stereocenters. The van der Waals surface area contributed by atoms with E-state index < -0.39 is 43.8 Å². The van der Waals surface area contributed by atoms with E-state index in [9.17, 15) is 0 Å². The lowest BCUT2D eigenvalue weighted by molar-refractivity contribution is 0.112. The van der Waals surface area contributed by atoms with Crippen molar-refractivity contribution in [3.63, 3.8) is 0 Å². The molecule has 0 aromatic carbocycles. The van der Waals surface area contributed by atoms with Gasteiger partial charge in [0.25, 0.3) is 0 Å². The highest BCUT2D eigenvalue weighted by Gasteiger charge is 2.86. The number of allylic oxidation sites excluding steroid dienone is 2. The van der Waals surface area contributed by atoms with Crippen LogP contribution in [0.2, 0.25) is 5.28 Å². The zero-order valence-electron chi connectivity index (χ0n) is 19.0. The van der Waals surface area contributed by atoms with Crippen molar-refractivity contribution >= 4 is 123 Å². The average Bonchev–Trinajstić information content (AvgIpc) is 3.35. The molecular weight excluding hydrogens is 704 g/mol. The molecule has 206 valence electrons. The molecule has 0 radical (unpaired) electrons. The van der Waals surface area contributed by atoms with Gasteiger partial charge in [-0.25, -0.2) is 4.68 Å². The van der Waals surface area contributed by atoms with Crippen LogP contribution in [0.25, 0.3) is 0 Å². The first-order valence-corrected chi connectivity index (χ1v) is 16.6. The summed E-state index contributed by atoms with van der Waals surface area (Å²) in [6.45, 7) is 5.46.